The van der Waals surface area contributed by atoms with E-state index in [1.165, 1.54) is 12.1 Å². The highest BCUT2D eigenvalue weighted by Gasteiger charge is 2.59. The van der Waals surface area contributed by atoms with Crippen molar-refractivity contribution in [2.75, 3.05) is 9.91 Å². The maximum atomic E-state index is 13.7. The van der Waals surface area contributed by atoms with Crippen molar-refractivity contribution in [3.8, 4) is 0 Å². The van der Waals surface area contributed by atoms with Gasteiger partial charge in [0.25, 0.3) is 11.6 Å². The average Bonchev–Trinajstić information content (AvgIpc) is 3.31. The Kier molecular flexibility index (Phi) is 5.93. The molecule has 2 aliphatic heterocycles. The van der Waals surface area contributed by atoms with Crippen LogP contribution in [0.15, 0.2) is 75.7 Å². The van der Waals surface area contributed by atoms with Crippen molar-refractivity contribution in [2.24, 2.45) is 5.92 Å². The van der Waals surface area contributed by atoms with Crippen molar-refractivity contribution < 1.29 is 14.5 Å². The predicted octanol–water partition coefficient (Wildman–Crippen LogP) is 5.40. The predicted molar refractivity (Wildman–Crippen MR) is 135 cm³/mol. The molecule has 3 atom stereocenters. The van der Waals surface area contributed by atoms with Gasteiger partial charge in [-0.25, -0.2) is 10.3 Å². The van der Waals surface area contributed by atoms with Crippen molar-refractivity contribution in [3.63, 3.8) is 0 Å². The lowest BCUT2D eigenvalue weighted by molar-refractivity contribution is -0.384. The van der Waals surface area contributed by atoms with E-state index in [-0.39, 0.29) is 5.69 Å². The number of nitrogens with zero attached hydrogens (tertiary/aromatic N) is 3. The van der Waals surface area contributed by atoms with E-state index in [2.05, 4.69) is 37.3 Å². The number of carbonyl (C=O) groups is 2. The Balaban J connectivity index is 1.63. The van der Waals surface area contributed by atoms with E-state index in [1.807, 2.05) is 18.2 Å². The number of imide groups is 1. The quantitative estimate of drug-likeness (QED) is 0.243. The number of carbonyl (C=O) groups excluding carboxylic acids is 2. The van der Waals surface area contributed by atoms with Crippen molar-refractivity contribution in [1.29, 1.82) is 0 Å². The van der Waals surface area contributed by atoms with Crippen LogP contribution in [0.1, 0.15) is 11.6 Å². The minimum atomic E-state index is -0.857. The number of nitro groups is 1. The smallest absolute Gasteiger partial charge is 0.269 e. The molecule has 0 aromatic heterocycles. The summed E-state index contributed by atoms with van der Waals surface area (Å²) in [6, 6.07) is 16.5. The second-order valence-corrected chi connectivity index (χ2v) is 10.1. The second-order valence-electron chi connectivity index (χ2n) is 7.88. The number of hydrogen-bond donors (Lipinski definition) is 1. The summed E-state index contributed by atoms with van der Waals surface area (Å²) in [5.41, 5.74) is 4.79. The number of hydrogen-bond acceptors (Lipinski definition) is 6. The Morgan fingerprint density at radius 1 is 0.971 bits per heavy atom. The van der Waals surface area contributed by atoms with Crippen LogP contribution in [0.4, 0.5) is 17.1 Å². The molecule has 0 bridgehead atoms. The molecule has 2 saturated heterocycles. The number of nitro benzene ring substituents is 1. The maximum Gasteiger partial charge on any atom is 0.269 e. The number of amides is 2. The van der Waals surface area contributed by atoms with Gasteiger partial charge >= 0.3 is 0 Å². The molecule has 2 amide bonds. The lowest BCUT2D eigenvalue weighted by atomic mass is 9.90. The Morgan fingerprint density at radius 2 is 1.71 bits per heavy atom. The first-order chi connectivity index (χ1) is 16.3. The number of rotatable bonds is 4. The summed E-state index contributed by atoms with van der Waals surface area (Å²) in [6.07, 6.45) is 0. The Morgan fingerprint density at radius 3 is 2.38 bits per heavy atom. The molecule has 34 heavy (non-hydrogen) atoms. The van der Waals surface area contributed by atoms with Crippen molar-refractivity contribution >= 4 is 72.3 Å². The van der Waals surface area contributed by atoms with Gasteiger partial charge in [0.2, 0.25) is 5.91 Å². The number of nitrogens with one attached hydrogen (secondary N) is 1. The highest BCUT2D eigenvalue weighted by atomic mass is 79.9. The van der Waals surface area contributed by atoms with Crippen LogP contribution < -0.4 is 15.3 Å². The van der Waals surface area contributed by atoms with Crippen LogP contribution in [-0.2, 0) is 9.59 Å². The first-order valence-corrected chi connectivity index (χ1v) is 12.1. The van der Waals surface area contributed by atoms with E-state index in [9.17, 15) is 19.7 Å². The first kappa shape index (κ1) is 23.0. The van der Waals surface area contributed by atoms with Gasteiger partial charge < -0.3 is 0 Å². The van der Waals surface area contributed by atoms with Crippen LogP contribution in [-0.4, -0.2) is 22.8 Å². The summed E-state index contributed by atoms with van der Waals surface area (Å²) in [5.74, 6) is -1.59. The van der Waals surface area contributed by atoms with Gasteiger partial charge in [0.15, 0.2) is 0 Å². The van der Waals surface area contributed by atoms with E-state index in [4.69, 9.17) is 11.6 Å². The molecular weight excluding hydrogens is 592 g/mol. The zero-order chi connectivity index (χ0) is 24.1. The first-order valence-electron chi connectivity index (χ1n) is 10.1. The molecule has 2 fully saturated rings. The van der Waals surface area contributed by atoms with E-state index in [0.717, 1.165) is 9.37 Å². The molecule has 0 radical (unpaired) electrons. The van der Waals surface area contributed by atoms with Crippen molar-refractivity contribution in [2.45, 2.75) is 12.1 Å². The molecule has 3 aromatic rings. The number of non-ortho nitro benzene ring substituents is 1. The number of fused-ring (bicyclic) bond motifs is 1. The third-order valence-corrected chi connectivity index (χ3v) is 7.31. The SMILES string of the molecule is O=C1C2C(c3cccc([N+](=O)[O-])c3)NN(c3ccc(Br)cc3Br)C2C(=O)N1c1ccc(Cl)cc1. The van der Waals surface area contributed by atoms with Gasteiger partial charge in [0, 0.05) is 26.1 Å². The molecule has 11 heteroatoms. The molecule has 0 spiro atoms. The van der Waals surface area contributed by atoms with Crippen LogP contribution >= 0.6 is 43.5 Å². The Labute approximate surface area is 215 Å². The molecule has 5 rings (SSSR count). The minimum absolute atomic E-state index is 0.0922. The molecule has 8 nitrogen and oxygen atoms in total. The van der Waals surface area contributed by atoms with Crippen LogP contribution in [0.3, 0.4) is 0 Å². The van der Waals surface area contributed by atoms with E-state index < -0.39 is 34.7 Å². The third kappa shape index (κ3) is 3.80. The van der Waals surface area contributed by atoms with Crippen molar-refractivity contribution in [1.82, 2.24) is 5.43 Å². The van der Waals surface area contributed by atoms with Gasteiger partial charge in [-0.15, -0.1) is 0 Å². The average molecular weight is 607 g/mol. The van der Waals surface area contributed by atoms with Gasteiger partial charge in [-0.1, -0.05) is 39.7 Å². The summed E-state index contributed by atoms with van der Waals surface area (Å²) >= 11 is 13.0. The largest absolute Gasteiger partial charge is 0.293 e. The normalized spacial score (nSPS) is 21.8. The van der Waals surface area contributed by atoms with E-state index >= 15 is 0 Å². The molecule has 2 heterocycles. The molecular formula is C23H15Br2ClN4O4. The van der Waals surface area contributed by atoms with Gasteiger partial charge in [-0.05, 0) is 64.0 Å². The van der Waals surface area contributed by atoms with Crippen LogP contribution in [0, 0.1) is 16.0 Å². The molecule has 172 valence electrons. The Bertz CT molecular complexity index is 1340. The lowest BCUT2D eigenvalue weighted by Gasteiger charge is -2.27. The summed E-state index contributed by atoms with van der Waals surface area (Å²) < 4.78 is 1.55. The zero-order valence-electron chi connectivity index (χ0n) is 17.2. The molecule has 0 aliphatic carbocycles. The number of anilines is 2. The fraction of sp³-hybridized carbons (Fsp3) is 0.130. The van der Waals surface area contributed by atoms with Gasteiger partial charge in [-0.3, -0.25) is 24.7 Å². The molecule has 3 aromatic carbocycles. The highest BCUT2D eigenvalue weighted by molar-refractivity contribution is 9.11. The number of benzene rings is 3. The fourth-order valence-electron chi connectivity index (χ4n) is 4.44. The maximum absolute atomic E-state index is 13.7. The van der Waals surface area contributed by atoms with E-state index in [1.54, 1.807) is 41.4 Å². The van der Waals surface area contributed by atoms with Crippen LogP contribution in [0.25, 0.3) is 0 Å². The van der Waals surface area contributed by atoms with E-state index in [0.29, 0.717) is 26.4 Å². The molecule has 3 unspecified atom stereocenters. The Hall–Kier alpha value is -2.79. The number of halogens is 3. The second kappa shape index (κ2) is 8.77. The van der Waals surface area contributed by atoms with Gasteiger partial charge in [0.05, 0.1) is 28.3 Å². The molecule has 2 aliphatic rings. The van der Waals surface area contributed by atoms with Crippen LogP contribution in [0.5, 0.6) is 0 Å². The minimum Gasteiger partial charge on any atom is -0.293 e. The monoisotopic (exact) mass is 604 g/mol. The van der Waals surface area contributed by atoms with Gasteiger partial charge in [-0.2, -0.15) is 0 Å². The van der Waals surface area contributed by atoms with Crippen molar-refractivity contribution in [3.05, 3.63) is 96.4 Å². The third-order valence-electron chi connectivity index (χ3n) is 5.93. The zero-order valence-corrected chi connectivity index (χ0v) is 21.1. The summed E-state index contributed by atoms with van der Waals surface area (Å²) in [5, 5.41) is 13.5. The highest BCUT2D eigenvalue weighted by Crippen LogP contribution is 2.45. The molecule has 1 N–H and O–H groups in total. The summed E-state index contributed by atoms with van der Waals surface area (Å²) in [4.78, 5) is 39.3. The lowest BCUT2D eigenvalue weighted by Crippen LogP contribution is -2.45. The standard InChI is InChI=1S/C23H15Br2ClN4O4/c24-13-4-9-18(17(25)11-13)29-21-19(20(27-29)12-2-1-3-16(10-12)30(33)34)22(31)28(23(21)32)15-7-5-14(26)6-8-15/h1-11,19-21,27H. The van der Waals surface area contributed by atoms with Crippen LogP contribution in [0.2, 0.25) is 5.02 Å². The summed E-state index contributed by atoms with van der Waals surface area (Å²) in [7, 11) is 0. The summed E-state index contributed by atoms with van der Waals surface area (Å²) in [6.45, 7) is 0. The topological polar surface area (TPSA) is 95.8 Å². The molecule has 0 saturated carbocycles. The number of hydrazine groups is 1. The van der Waals surface area contributed by atoms with Gasteiger partial charge in [0.1, 0.15) is 6.04 Å². The fourth-order valence-corrected chi connectivity index (χ4v) is 5.80.